The standard InChI is InChI=1S/C10H20OS/c1-2-12-7-3-4-9-5-6-10(11)8-9/h9-11H,2-8H2,1H3. The van der Waals surface area contributed by atoms with E-state index in [4.69, 9.17) is 0 Å². The van der Waals surface area contributed by atoms with E-state index in [9.17, 15) is 5.11 Å². The summed E-state index contributed by atoms with van der Waals surface area (Å²) >= 11 is 2.03. The van der Waals surface area contributed by atoms with E-state index in [2.05, 4.69) is 6.92 Å². The zero-order valence-electron chi connectivity index (χ0n) is 7.96. The van der Waals surface area contributed by atoms with E-state index in [0.717, 1.165) is 18.8 Å². The van der Waals surface area contributed by atoms with Crippen LogP contribution >= 0.6 is 11.8 Å². The maximum atomic E-state index is 9.30. The fraction of sp³-hybridized carbons (Fsp3) is 1.00. The van der Waals surface area contributed by atoms with Crippen molar-refractivity contribution in [3.05, 3.63) is 0 Å². The maximum absolute atomic E-state index is 9.30. The first-order chi connectivity index (χ1) is 5.83. The van der Waals surface area contributed by atoms with E-state index < -0.39 is 0 Å². The highest BCUT2D eigenvalue weighted by Crippen LogP contribution is 2.29. The van der Waals surface area contributed by atoms with Gasteiger partial charge in [0.1, 0.15) is 0 Å². The molecule has 1 aliphatic carbocycles. The summed E-state index contributed by atoms with van der Waals surface area (Å²) in [5.74, 6) is 3.38. The molecule has 0 aromatic carbocycles. The summed E-state index contributed by atoms with van der Waals surface area (Å²) in [7, 11) is 0. The number of aliphatic hydroxyl groups is 1. The van der Waals surface area contributed by atoms with Gasteiger partial charge in [-0.2, -0.15) is 11.8 Å². The second-order valence-corrected chi connectivity index (χ2v) is 5.07. The van der Waals surface area contributed by atoms with Crippen molar-refractivity contribution >= 4 is 11.8 Å². The molecule has 2 atom stereocenters. The fourth-order valence-electron chi connectivity index (χ4n) is 1.93. The van der Waals surface area contributed by atoms with Crippen molar-refractivity contribution in [3.8, 4) is 0 Å². The number of rotatable bonds is 5. The lowest BCUT2D eigenvalue weighted by Crippen LogP contribution is -2.00. The lowest BCUT2D eigenvalue weighted by molar-refractivity contribution is 0.177. The highest BCUT2D eigenvalue weighted by Gasteiger charge is 2.21. The summed E-state index contributed by atoms with van der Waals surface area (Å²) < 4.78 is 0. The van der Waals surface area contributed by atoms with Crippen molar-refractivity contribution in [1.29, 1.82) is 0 Å². The van der Waals surface area contributed by atoms with Crippen LogP contribution in [0.2, 0.25) is 0 Å². The predicted molar refractivity (Wildman–Crippen MR) is 55.6 cm³/mol. The largest absolute Gasteiger partial charge is 0.393 e. The minimum absolute atomic E-state index is 0.0221. The van der Waals surface area contributed by atoms with E-state index in [1.54, 1.807) is 0 Å². The third kappa shape index (κ3) is 3.81. The smallest absolute Gasteiger partial charge is 0.0543 e. The Morgan fingerprint density at radius 1 is 1.42 bits per heavy atom. The van der Waals surface area contributed by atoms with Gasteiger partial charge in [-0.25, -0.2) is 0 Å². The molecular weight excluding hydrogens is 168 g/mol. The van der Waals surface area contributed by atoms with E-state index >= 15 is 0 Å². The Hall–Kier alpha value is 0.310. The molecule has 1 aliphatic rings. The molecule has 0 amide bonds. The van der Waals surface area contributed by atoms with Crippen molar-refractivity contribution < 1.29 is 5.11 Å². The molecule has 0 saturated heterocycles. The molecule has 72 valence electrons. The Morgan fingerprint density at radius 2 is 2.25 bits per heavy atom. The molecule has 0 aromatic rings. The van der Waals surface area contributed by atoms with Crippen molar-refractivity contribution in [2.75, 3.05) is 11.5 Å². The van der Waals surface area contributed by atoms with Crippen molar-refractivity contribution in [2.24, 2.45) is 5.92 Å². The normalized spacial score (nSPS) is 29.5. The molecule has 0 heterocycles. The molecule has 0 aliphatic heterocycles. The molecule has 1 saturated carbocycles. The van der Waals surface area contributed by atoms with Crippen molar-refractivity contribution in [2.45, 2.75) is 45.1 Å². The van der Waals surface area contributed by atoms with Crippen LogP contribution in [-0.2, 0) is 0 Å². The number of hydrogen-bond donors (Lipinski definition) is 1. The summed E-state index contributed by atoms with van der Waals surface area (Å²) in [6, 6.07) is 0. The topological polar surface area (TPSA) is 20.2 Å². The predicted octanol–water partition coefficient (Wildman–Crippen LogP) is 2.68. The molecular formula is C10H20OS. The molecule has 12 heavy (non-hydrogen) atoms. The van der Waals surface area contributed by atoms with Gasteiger partial charge in [-0.15, -0.1) is 0 Å². The molecule has 0 aromatic heterocycles. The van der Waals surface area contributed by atoms with Gasteiger partial charge in [0.2, 0.25) is 0 Å². The van der Waals surface area contributed by atoms with Crippen LogP contribution in [-0.4, -0.2) is 22.7 Å². The average molecular weight is 188 g/mol. The minimum atomic E-state index is 0.0221. The van der Waals surface area contributed by atoms with E-state index in [1.807, 2.05) is 11.8 Å². The molecule has 1 nitrogen and oxygen atoms in total. The van der Waals surface area contributed by atoms with Gasteiger partial charge in [0.05, 0.1) is 6.10 Å². The maximum Gasteiger partial charge on any atom is 0.0543 e. The first kappa shape index (κ1) is 10.4. The van der Waals surface area contributed by atoms with E-state index in [0.29, 0.717) is 0 Å². The zero-order chi connectivity index (χ0) is 8.81. The summed E-state index contributed by atoms with van der Waals surface area (Å²) in [5, 5.41) is 9.30. The van der Waals surface area contributed by atoms with E-state index in [-0.39, 0.29) is 6.10 Å². The molecule has 1 N–H and O–H groups in total. The lowest BCUT2D eigenvalue weighted by atomic mass is 10.0. The molecule has 0 bridgehead atoms. The molecule has 2 heteroatoms. The first-order valence-corrected chi connectivity index (χ1v) is 6.24. The second-order valence-electron chi connectivity index (χ2n) is 3.67. The molecule has 0 radical (unpaired) electrons. The quantitative estimate of drug-likeness (QED) is 0.669. The highest BCUT2D eigenvalue weighted by molar-refractivity contribution is 7.99. The first-order valence-electron chi connectivity index (χ1n) is 5.08. The van der Waals surface area contributed by atoms with Gasteiger partial charge in [0, 0.05) is 0 Å². The van der Waals surface area contributed by atoms with Crippen LogP contribution in [0.5, 0.6) is 0 Å². The van der Waals surface area contributed by atoms with Crippen LogP contribution < -0.4 is 0 Å². The molecule has 2 unspecified atom stereocenters. The Bertz CT molecular complexity index is 116. The SMILES string of the molecule is CCSCCCC1CCC(O)C1. The van der Waals surface area contributed by atoms with Gasteiger partial charge in [0.25, 0.3) is 0 Å². The number of aliphatic hydroxyl groups excluding tert-OH is 1. The fourth-order valence-corrected chi connectivity index (χ4v) is 2.59. The summed E-state index contributed by atoms with van der Waals surface area (Å²) in [5.41, 5.74) is 0. The van der Waals surface area contributed by atoms with Crippen LogP contribution in [0.1, 0.15) is 39.0 Å². The van der Waals surface area contributed by atoms with Gasteiger partial charge in [-0.3, -0.25) is 0 Å². The van der Waals surface area contributed by atoms with Crippen LogP contribution in [0.3, 0.4) is 0 Å². The number of thioether (sulfide) groups is 1. The Kier molecular flexibility index (Phi) is 5.08. The van der Waals surface area contributed by atoms with Crippen LogP contribution in [0.15, 0.2) is 0 Å². The average Bonchev–Trinajstić information content (AvgIpc) is 2.45. The Labute approximate surface area is 79.9 Å². The van der Waals surface area contributed by atoms with Gasteiger partial charge >= 0.3 is 0 Å². The Balaban J connectivity index is 1.93. The summed E-state index contributed by atoms with van der Waals surface area (Å²) in [6.07, 6.45) is 6.08. The van der Waals surface area contributed by atoms with Gasteiger partial charge in [0.15, 0.2) is 0 Å². The number of hydrogen-bond acceptors (Lipinski definition) is 2. The molecule has 1 rings (SSSR count). The molecule has 0 spiro atoms. The van der Waals surface area contributed by atoms with Gasteiger partial charge in [-0.05, 0) is 49.5 Å². The van der Waals surface area contributed by atoms with Crippen LogP contribution in [0.4, 0.5) is 0 Å². The molecule has 1 fully saturated rings. The minimum Gasteiger partial charge on any atom is -0.393 e. The monoisotopic (exact) mass is 188 g/mol. The second kappa shape index (κ2) is 5.87. The highest BCUT2D eigenvalue weighted by atomic mass is 32.2. The van der Waals surface area contributed by atoms with Crippen molar-refractivity contribution in [3.63, 3.8) is 0 Å². The van der Waals surface area contributed by atoms with Gasteiger partial charge in [-0.1, -0.05) is 6.92 Å². The summed E-state index contributed by atoms with van der Waals surface area (Å²) in [6.45, 7) is 2.21. The van der Waals surface area contributed by atoms with E-state index in [1.165, 1.54) is 30.8 Å². The van der Waals surface area contributed by atoms with Gasteiger partial charge < -0.3 is 5.11 Å². The van der Waals surface area contributed by atoms with Crippen LogP contribution in [0, 0.1) is 5.92 Å². The summed E-state index contributed by atoms with van der Waals surface area (Å²) in [4.78, 5) is 0. The third-order valence-electron chi connectivity index (χ3n) is 2.62. The lowest BCUT2D eigenvalue weighted by Gasteiger charge is -2.07. The zero-order valence-corrected chi connectivity index (χ0v) is 8.78. The van der Waals surface area contributed by atoms with Crippen molar-refractivity contribution in [1.82, 2.24) is 0 Å². The Morgan fingerprint density at radius 3 is 2.83 bits per heavy atom. The van der Waals surface area contributed by atoms with Crippen LogP contribution in [0.25, 0.3) is 0 Å². The third-order valence-corrected chi connectivity index (χ3v) is 3.60.